The van der Waals surface area contributed by atoms with E-state index < -0.39 is 0 Å². The number of benzene rings is 9. The van der Waals surface area contributed by atoms with Crippen molar-refractivity contribution in [1.82, 2.24) is 0 Å². The zero-order valence-corrected chi connectivity index (χ0v) is 50.8. The molecule has 0 saturated carbocycles. The van der Waals surface area contributed by atoms with Gasteiger partial charge < -0.3 is 4.58 Å². The van der Waals surface area contributed by atoms with E-state index in [1.807, 2.05) is 0 Å². The Morgan fingerprint density at radius 3 is 1.64 bits per heavy atom. The fraction of sp³-hybridized carbons (Fsp3) is 0.150. The molecule has 0 spiro atoms. The number of para-hydroxylation sites is 1. The van der Waals surface area contributed by atoms with Crippen molar-refractivity contribution < 1.29 is 23.5 Å². The van der Waals surface area contributed by atoms with Crippen LogP contribution in [0.25, 0.3) is 49.8 Å². The number of fused-ring (bicyclic) bond motifs is 5. The monoisotopic (exact) mass is 1120 g/mol. The minimum atomic E-state index is 0.107. The molecule has 0 saturated heterocycles. The number of aromatic nitrogens is 2. The van der Waals surface area contributed by atoms with E-state index in [0.29, 0.717) is 5.92 Å². The summed E-state index contributed by atoms with van der Waals surface area (Å²) < 4.78 is 7.11. The molecule has 424 valence electrons. The number of allylic oxidation sites excluding steroid dienone is 2. The predicted octanol–water partition coefficient (Wildman–Crippen LogP) is 15.4. The van der Waals surface area contributed by atoms with Gasteiger partial charge in [0, 0.05) is 22.3 Å². The van der Waals surface area contributed by atoms with Gasteiger partial charge in [-0.1, -0.05) is 226 Å². The lowest BCUT2D eigenvalue weighted by atomic mass is 9.91. The molecule has 0 radical (unpaired) electrons. The Bertz CT molecular complexity index is 4380. The van der Waals surface area contributed by atoms with Crippen molar-refractivity contribution in [3.8, 4) is 22.5 Å². The third-order valence-electron chi connectivity index (χ3n) is 17.7. The van der Waals surface area contributed by atoms with Crippen molar-refractivity contribution in [3.63, 3.8) is 0 Å². The highest BCUT2D eigenvalue weighted by molar-refractivity contribution is 5.96. The largest absolute Gasteiger partial charge is 0.319 e. The molecule has 4 aliphatic heterocycles. The zero-order chi connectivity index (χ0) is 59.0. The molecule has 6 heteroatoms. The number of hydrogen-bond acceptors (Lipinski definition) is 1. The maximum Gasteiger partial charge on any atom is 0.240 e. The molecule has 4 aliphatic rings. The highest BCUT2D eigenvalue weighted by atomic mass is 15.3. The van der Waals surface area contributed by atoms with Crippen LogP contribution in [0.3, 0.4) is 0 Å². The summed E-state index contributed by atoms with van der Waals surface area (Å²) in [7, 11) is 0. The maximum atomic E-state index is 2.43. The van der Waals surface area contributed by atoms with Crippen LogP contribution in [-0.2, 0) is 13.1 Å². The molecule has 9 aromatic carbocycles. The number of aryl methyl sites for hydroxylation is 6. The molecule has 0 bridgehead atoms. The van der Waals surface area contributed by atoms with Crippen molar-refractivity contribution in [2.24, 2.45) is 0 Å². The van der Waals surface area contributed by atoms with Crippen molar-refractivity contribution in [2.75, 3.05) is 4.90 Å². The normalized spacial score (nSPS) is 16.3. The molecule has 0 fully saturated rings. The molecule has 0 aliphatic carbocycles. The second-order valence-corrected chi connectivity index (χ2v) is 23.9. The van der Waals surface area contributed by atoms with E-state index in [-0.39, 0.29) is 6.04 Å². The van der Waals surface area contributed by atoms with Gasteiger partial charge in [-0.05, 0) is 139 Å². The number of nitrogens with one attached hydrogen (secondary N) is 2. The molecule has 2 aromatic heterocycles. The molecule has 3 atom stereocenters. The van der Waals surface area contributed by atoms with Gasteiger partial charge in [0.1, 0.15) is 59.0 Å². The summed E-state index contributed by atoms with van der Waals surface area (Å²) in [6.07, 6.45) is 8.99. The van der Waals surface area contributed by atoms with Crippen LogP contribution in [-0.4, -0.2) is 10.9 Å². The van der Waals surface area contributed by atoms with E-state index in [9.17, 15) is 0 Å². The number of nitrogens with zero attached hydrogens (tertiary/aromatic N) is 4. The minimum absolute atomic E-state index is 0.107. The molecule has 0 amide bonds. The van der Waals surface area contributed by atoms with Crippen molar-refractivity contribution >= 4 is 50.6 Å². The smallest absolute Gasteiger partial charge is 0.240 e. The fourth-order valence-electron chi connectivity index (χ4n) is 13.7. The Balaban J connectivity index is 0.000000122. The molecular formula is C80H76N6+2. The van der Waals surface area contributed by atoms with E-state index in [1.54, 1.807) is 0 Å². The van der Waals surface area contributed by atoms with Crippen molar-refractivity contribution in [2.45, 2.75) is 80.4 Å². The van der Waals surface area contributed by atoms with E-state index >= 15 is 0 Å². The average Bonchev–Trinajstić information content (AvgIpc) is 1.95. The van der Waals surface area contributed by atoms with E-state index in [4.69, 9.17) is 0 Å². The highest BCUT2D eigenvalue weighted by Crippen LogP contribution is 2.45. The van der Waals surface area contributed by atoms with Gasteiger partial charge in [0.25, 0.3) is 0 Å². The van der Waals surface area contributed by atoms with Crippen LogP contribution in [0, 0.1) is 60.9 Å². The first kappa shape index (κ1) is 55.5. The lowest BCUT2D eigenvalue weighted by molar-refractivity contribution is -0.881. The second kappa shape index (κ2) is 23.7. The summed E-state index contributed by atoms with van der Waals surface area (Å²) in [5.41, 5.74) is 25.0. The lowest BCUT2D eigenvalue weighted by Gasteiger charge is -2.30. The summed E-state index contributed by atoms with van der Waals surface area (Å²) in [6, 6.07) is 84.7. The Hall–Kier alpha value is -9.72. The van der Waals surface area contributed by atoms with Gasteiger partial charge in [0.2, 0.25) is 13.3 Å². The van der Waals surface area contributed by atoms with Crippen LogP contribution < -0.4 is 23.8 Å². The van der Waals surface area contributed by atoms with Crippen molar-refractivity contribution in [3.05, 3.63) is 330 Å². The highest BCUT2D eigenvalue weighted by Gasteiger charge is 2.41. The van der Waals surface area contributed by atoms with E-state index in [0.717, 1.165) is 13.1 Å². The standard InChI is InChI=1S/C33H30N2.C26H25N2.C21H21N2/c1-23(2)25-18-20-27(21-19-25)34-22-35-31(30-15-8-12-26-11-5-7-14-29(26)30)16-9-17-32(35)33(34)28-13-6-4-10-24(28)3;1-18-14-19(2)26(20(3)15-18)27-16-22-10-7-13-25(28(22)17-27)24-12-6-9-21-8-4-5-11-23(21)24;1-16-8-6-9-17(2)21(16)22-14-19-12-7-13-20(23(19)15-22)18-10-4-3-5-11-18/h4-23,33H,1-3H3;4-15,17,27H,16H2,1-3H3;3-13,15,22H,14H2,1-2H3/q;2*+1. The van der Waals surface area contributed by atoms with Crippen LogP contribution >= 0.6 is 0 Å². The molecule has 15 rings (SSSR count). The summed E-state index contributed by atoms with van der Waals surface area (Å²) >= 11 is 0. The first-order valence-corrected chi connectivity index (χ1v) is 30.5. The molecule has 6 heterocycles. The number of hydrogen-bond donors (Lipinski definition) is 2. The van der Waals surface area contributed by atoms with Crippen LogP contribution in [0.1, 0.15) is 87.3 Å². The molecule has 11 aromatic rings. The molecule has 3 unspecified atom stereocenters. The Morgan fingerprint density at radius 2 is 1.00 bits per heavy atom. The molecule has 6 nitrogen and oxygen atoms in total. The SMILES string of the molecule is Cc1cc(C)c([NH+]2[CH-][n+]3c(cccc3-c3cccc4ccccc34)C2)c(C)c1.Cc1cccc(C)c1[NH+]1[CH-][n+]2c(cccc2-c2ccccc2)C1.Cc1ccccc1C1[C-]2C=CC=C(c3cccc4ccccc34)[N+]2=CN1c1ccc(C(C)C)cc1. The summed E-state index contributed by atoms with van der Waals surface area (Å²) in [5, 5.41) is 5.12. The summed E-state index contributed by atoms with van der Waals surface area (Å²) in [5.74, 6) is 0.517. The third-order valence-corrected chi connectivity index (χ3v) is 17.7. The third kappa shape index (κ3) is 10.7. The van der Waals surface area contributed by atoms with E-state index in [2.05, 4.69) is 342 Å². The maximum absolute atomic E-state index is 2.43. The minimum Gasteiger partial charge on any atom is -0.319 e. The second-order valence-electron chi connectivity index (χ2n) is 23.9. The quantitative estimate of drug-likeness (QED) is 0.115. The topological polar surface area (TPSA) is 22.9 Å². The molecule has 2 N–H and O–H groups in total. The first-order valence-electron chi connectivity index (χ1n) is 30.5. The zero-order valence-electron chi connectivity index (χ0n) is 50.8. The van der Waals surface area contributed by atoms with E-state index in [1.165, 1.54) is 144 Å². The van der Waals surface area contributed by atoms with Crippen LogP contribution in [0.2, 0.25) is 0 Å². The number of quaternary nitrogens is 2. The van der Waals surface area contributed by atoms with Gasteiger partial charge in [0.05, 0.1) is 11.7 Å². The van der Waals surface area contributed by atoms with Gasteiger partial charge in [-0.15, -0.1) is 6.08 Å². The van der Waals surface area contributed by atoms with Gasteiger partial charge >= 0.3 is 0 Å². The van der Waals surface area contributed by atoms with Gasteiger partial charge in [-0.2, -0.15) is 0 Å². The first-order chi connectivity index (χ1) is 42.0. The van der Waals surface area contributed by atoms with Crippen molar-refractivity contribution in [1.29, 1.82) is 0 Å². The number of pyridine rings is 2. The number of rotatable bonds is 8. The Morgan fingerprint density at radius 1 is 0.488 bits per heavy atom. The lowest BCUT2D eigenvalue weighted by Crippen LogP contribution is -3.03. The predicted molar refractivity (Wildman–Crippen MR) is 354 cm³/mol. The van der Waals surface area contributed by atoms with Gasteiger partial charge in [0.15, 0.2) is 6.34 Å². The Kier molecular flexibility index (Phi) is 15.3. The number of anilines is 1. The van der Waals surface area contributed by atoms with Crippen LogP contribution in [0.4, 0.5) is 17.1 Å². The Labute approximate surface area is 508 Å². The van der Waals surface area contributed by atoms with Gasteiger partial charge in [-0.25, -0.2) is 0 Å². The summed E-state index contributed by atoms with van der Waals surface area (Å²) in [6.45, 7) is 24.4. The average molecular weight is 1120 g/mol. The van der Waals surface area contributed by atoms with Crippen LogP contribution in [0.15, 0.2) is 249 Å². The fourth-order valence-corrected chi connectivity index (χ4v) is 13.7. The molecular weight excluding hydrogens is 1040 g/mol. The van der Waals surface area contributed by atoms with Gasteiger partial charge in [-0.3, -0.25) is 23.8 Å². The summed E-state index contributed by atoms with van der Waals surface area (Å²) in [4.78, 5) is 5.24. The van der Waals surface area contributed by atoms with Crippen LogP contribution in [0.5, 0.6) is 0 Å². The molecule has 86 heavy (non-hydrogen) atoms.